The molecular formula is C11H10N4S. The minimum Gasteiger partial charge on any atom is -0.371 e. The third kappa shape index (κ3) is 1.65. The van der Waals surface area contributed by atoms with Crippen LogP contribution in [0.15, 0.2) is 36.7 Å². The zero-order chi connectivity index (χ0) is 10.8. The Balaban J connectivity index is 1.84. The number of benzene rings is 1. The molecule has 80 valence electrons. The van der Waals surface area contributed by atoms with Crippen LogP contribution in [0, 0.1) is 0 Å². The van der Waals surface area contributed by atoms with E-state index in [0.717, 1.165) is 22.6 Å². The van der Waals surface area contributed by atoms with Crippen molar-refractivity contribution >= 4 is 27.4 Å². The van der Waals surface area contributed by atoms with Crippen molar-refractivity contribution in [3.63, 3.8) is 0 Å². The lowest BCUT2D eigenvalue weighted by molar-refractivity contribution is 1.09. The van der Waals surface area contributed by atoms with E-state index in [0.29, 0.717) is 0 Å². The van der Waals surface area contributed by atoms with Crippen molar-refractivity contribution in [1.29, 1.82) is 0 Å². The molecule has 0 fully saturated rings. The van der Waals surface area contributed by atoms with Crippen molar-refractivity contribution < 1.29 is 0 Å². The molecule has 0 aliphatic carbocycles. The Morgan fingerprint density at radius 1 is 1.31 bits per heavy atom. The number of aromatic nitrogens is 3. The van der Waals surface area contributed by atoms with Gasteiger partial charge in [-0.1, -0.05) is 12.1 Å². The summed E-state index contributed by atoms with van der Waals surface area (Å²) in [5.74, 6) is 0. The van der Waals surface area contributed by atoms with Gasteiger partial charge < -0.3 is 5.32 Å². The molecule has 0 aliphatic rings. The highest BCUT2D eigenvalue weighted by atomic mass is 32.1. The number of anilines is 1. The summed E-state index contributed by atoms with van der Waals surface area (Å²) < 4.78 is 4.37. The molecule has 0 radical (unpaired) electrons. The monoisotopic (exact) mass is 230 g/mol. The quantitative estimate of drug-likeness (QED) is 0.727. The van der Waals surface area contributed by atoms with Crippen LogP contribution in [-0.4, -0.2) is 14.6 Å². The summed E-state index contributed by atoms with van der Waals surface area (Å²) in [6.07, 6.45) is 3.70. The molecule has 0 aliphatic heterocycles. The molecule has 3 rings (SSSR count). The summed E-state index contributed by atoms with van der Waals surface area (Å²) in [5.41, 5.74) is 2.18. The first-order chi connectivity index (χ1) is 7.93. The predicted molar refractivity (Wildman–Crippen MR) is 65.5 cm³/mol. The van der Waals surface area contributed by atoms with Crippen molar-refractivity contribution in [2.45, 2.75) is 6.54 Å². The first kappa shape index (κ1) is 9.35. The first-order valence-corrected chi connectivity index (χ1v) is 5.77. The number of aromatic amines is 1. The molecule has 0 atom stereocenters. The second-order valence-corrected chi connectivity index (χ2v) is 4.26. The van der Waals surface area contributed by atoms with Crippen LogP contribution in [0.25, 0.3) is 10.9 Å². The molecule has 0 bridgehead atoms. The fourth-order valence-electron chi connectivity index (χ4n) is 1.57. The Bertz CT molecular complexity index is 585. The Kier molecular flexibility index (Phi) is 2.30. The van der Waals surface area contributed by atoms with E-state index < -0.39 is 0 Å². The minimum absolute atomic E-state index is 0.767. The number of nitrogens with one attached hydrogen (secondary N) is 2. The van der Waals surface area contributed by atoms with Crippen LogP contribution in [0.1, 0.15) is 5.56 Å². The van der Waals surface area contributed by atoms with Crippen LogP contribution in [0.5, 0.6) is 0 Å². The van der Waals surface area contributed by atoms with Crippen LogP contribution in [0.2, 0.25) is 0 Å². The van der Waals surface area contributed by atoms with Gasteiger partial charge in [-0.25, -0.2) is 0 Å². The fourth-order valence-corrected chi connectivity index (χ4v) is 2.33. The minimum atomic E-state index is 0.767. The maximum atomic E-state index is 4.37. The Morgan fingerprint density at radius 3 is 3.12 bits per heavy atom. The highest BCUT2D eigenvalue weighted by Gasteiger charge is 2.04. The summed E-state index contributed by atoms with van der Waals surface area (Å²) in [7, 11) is 0. The molecule has 16 heavy (non-hydrogen) atoms. The molecule has 0 amide bonds. The standard InChI is InChI=1S/C11H10N4S/c1-2-4-10-9(3-1)11(16-15-10)12-5-8-6-13-14-7-8/h1-4,6-7,12H,5H2,(H,13,14). The van der Waals surface area contributed by atoms with E-state index in [9.17, 15) is 0 Å². The zero-order valence-electron chi connectivity index (χ0n) is 8.47. The van der Waals surface area contributed by atoms with Crippen LogP contribution in [-0.2, 0) is 6.54 Å². The largest absolute Gasteiger partial charge is 0.371 e. The Labute approximate surface area is 96.5 Å². The lowest BCUT2D eigenvalue weighted by atomic mass is 10.2. The van der Waals surface area contributed by atoms with Crippen molar-refractivity contribution in [3.05, 3.63) is 42.2 Å². The van der Waals surface area contributed by atoms with Gasteiger partial charge in [0.15, 0.2) is 0 Å². The second kappa shape index (κ2) is 3.94. The van der Waals surface area contributed by atoms with Gasteiger partial charge in [-0.3, -0.25) is 5.10 Å². The van der Waals surface area contributed by atoms with Gasteiger partial charge in [0, 0.05) is 23.7 Å². The average molecular weight is 230 g/mol. The van der Waals surface area contributed by atoms with E-state index in [1.165, 1.54) is 16.9 Å². The maximum Gasteiger partial charge on any atom is 0.117 e. The Hall–Kier alpha value is -1.88. The van der Waals surface area contributed by atoms with E-state index in [1.807, 2.05) is 30.6 Å². The summed E-state index contributed by atoms with van der Waals surface area (Å²) in [6.45, 7) is 0.767. The molecule has 5 heteroatoms. The van der Waals surface area contributed by atoms with Gasteiger partial charge >= 0.3 is 0 Å². The molecule has 0 saturated carbocycles. The fraction of sp³-hybridized carbons (Fsp3) is 0.0909. The van der Waals surface area contributed by atoms with Crippen molar-refractivity contribution in [2.75, 3.05) is 5.32 Å². The molecule has 2 aromatic heterocycles. The molecule has 4 nitrogen and oxygen atoms in total. The molecular weight excluding hydrogens is 220 g/mol. The highest BCUT2D eigenvalue weighted by molar-refractivity contribution is 7.11. The third-order valence-corrected chi connectivity index (χ3v) is 3.23. The van der Waals surface area contributed by atoms with Gasteiger partial charge in [0.05, 0.1) is 11.7 Å². The van der Waals surface area contributed by atoms with Crippen molar-refractivity contribution in [3.8, 4) is 0 Å². The predicted octanol–water partition coefficient (Wildman–Crippen LogP) is 2.63. The first-order valence-electron chi connectivity index (χ1n) is 4.99. The summed E-state index contributed by atoms with van der Waals surface area (Å²) in [4.78, 5) is 0. The molecule has 2 heterocycles. The molecule has 1 aromatic carbocycles. The van der Waals surface area contributed by atoms with Gasteiger partial charge in [0.25, 0.3) is 0 Å². The summed E-state index contributed by atoms with van der Waals surface area (Å²) in [6, 6.07) is 8.13. The van der Waals surface area contributed by atoms with E-state index in [1.54, 1.807) is 0 Å². The SMILES string of the molecule is c1ccc2c(NCc3cn[nH]c3)snc2c1. The van der Waals surface area contributed by atoms with Crippen LogP contribution in [0.4, 0.5) is 5.00 Å². The Morgan fingerprint density at radius 2 is 2.25 bits per heavy atom. The smallest absolute Gasteiger partial charge is 0.117 e. The number of fused-ring (bicyclic) bond motifs is 1. The number of hydrogen-bond acceptors (Lipinski definition) is 4. The molecule has 0 saturated heterocycles. The maximum absolute atomic E-state index is 4.37. The van der Waals surface area contributed by atoms with Gasteiger partial charge in [-0.05, 0) is 23.7 Å². The molecule has 3 aromatic rings. The lowest BCUT2D eigenvalue weighted by Gasteiger charge is -2.00. The van der Waals surface area contributed by atoms with Crippen molar-refractivity contribution in [1.82, 2.24) is 14.6 Å². The van der Waals surface area contributed by atoms with E-state index in [4.69, 9.17) is 0 Å². The molecule has 2 N–H and O–H groups in total. The number of rotatable bonds is 3. The lowest BCUT2D eigenvalue weighted by Crippen LogP contribution is -1.96. The van der Waals surface area contributed by atoms with Crippen molar-refractivity contribution in [2.24, 2.45) is 0 Å². The van der Waals surface area contributed by atoms with E-state index in [-0.39, 0.29) is 0 Å². The van der Waals surface area contributed by atoms with Crippen LogP contribution >= 0.6 is 11.5 Å². The third-order valence-electron chi connectivity index (χ3n) is 2.39. The summed E-state index contributed by atoms with van der Waals surface area (Å²) in [5, 5.41) is 12.4. The van der Waals surface area contributed by atoms with Crippen LogP contribution < -0.4 is 5.32 Å². The van der Waals surface area contributed by atoms with E-state index in [2.05, 4.69) is 26.0 Å². The average Bonchev–Trinajstić information content (AvgIpc) is 2.96. The van der Waals surface area contributed by atoms with E-state index >= 15 is 0 Å². The van der Waals surface area contributed by atoms with Gasteiger partial charge in [0.1, 0.15) is 5.00 Å². The van der Waals surface area contributed by atoms with Crippen LogP contribution in [0.3, 0.4) is 0 Å². The van der Waals surface area contributed by atoms with Gasteiger partial charge in [0.2, 0.25) is 0 Å². The van der Waals surface area contributed by atoms with Gasteiger partial charge in [-0.2, -0.15) is 9.47 Å². The number of hydrogen-bond donors (Lipinski definition) is 2. The summed E-state index contributed by atoms with van der Waals surface area (Å²) >= 11 is 1.49. The molecule has 0 unspecified atom stereocenters. The topological polar surface area (TPSA) is 53.6 Å². The van der Waals surface area contributed by atoms with Gasteiger partial charge in [-0.15, -0.1) is 0 Å². The zero-order valence-corrected chi connectivity index (χ0v) is 9.29. The molecule has 0 spiro atoms. The highest BCUT2D eigenvalue weighted by Crippen LogP contribution is 2.27. The number of nitrogens with zero attached hydrogens (tertiary/aromatic N) is 2. The number of H-pyrrole nitrogens is 1. The second-order valence-electron chi connectivity index (χ2n) is 3.49. The normalized spacial score (nSPS) is 10.8.